The SMILES string of the molecule is Cc1nc(NC(=O)c2cc(Br)c[nH]2)sc1-c1ccccc1. The van der Waals surface area contributed by atoms with Gasteiger partial charge >= 0.3 is 0 Å². The second-order valence-electron chi connectivity index (χ2n) is 4.49. The number of anilines is 1. The lowest BCUT2D eigenvalue weighted by atomic mass is 10.2. The molecule has 2 aromatic heterocycles. The lowest BCUT2D eigenvalue weighted by Gasteiger charge is -1.98. The third-order valence-electron chi connectivity index (χ3n) is 2.95. The molecule has 0 fully saturated rings. The lowest BCUT2D eigenvalue weighted by Crippen LogP contribution is -2.11. The number of carbonyl (C=O) groups excluding carboxylic acids is 1. The zero-order chi connectivity index (χ0) is 14.8. The Balaban J connectivity index is 1.83. The molecule has 0 atom stereocenters. The summed E-state index contributed by atoms with van der Waals surface area (Å²) < 4.78 is 0.841. The maximum Gasteiger partial charge on any atom is 0.273 e. The largest absolute Gasteiger partial charge is 0.356 e. The average Bonchev–Trinajstić information content (AvgIpc) is 3.06. The van der Waals surface area contributed by atoms with Gasteiger partial charge in [-0.2, -0.15) is 0 Å². The number of aryl methyl sites for hydroxylation is 1. The Morgan fingerprint density at radius 3 is 2.76 bits per heavy atom. The molecule has 21 heavy (non-hydrogen) atoms. The van der Waals surface area contributed by atoms with Crippen LogP contribution in [0, 0.1) is 6.92 Å². The molecule has 0 aliphatic rings. The first-order valence-corrected chi connectivity index (χ1v) is 7.92. The van der Waals surface area contributed by atoms with Crippen molar-refractivity contribution < 1.29 is 4.79 Å². The Morgan fingerprint density at radius 1 is 1.33 bits per heavy atom. The normalized spacial score (nSPS) is 10.6. The van der Waals surface area contributed by atoms with Crippen molar-refractivity contribution in [3.05, 3.63) is 58.5 Å². The molecule has 3 aromatic rings. The van der Waals surface area contributed by atoms with E-state index in [4.69, 9.17) is 0 Å². The van der Waals surface area contributed by atoms with E-state index in [1.165, 1.54) is 11.3 Å². The van der Waals surface area contributed by atoms with E-state index in [-0.39, 0.29) is 5.91 Å². The minimum Gasteiger partial charge on any atom is -0.356 e. The van der Waals surface area contributed by atoms with Crippen molar-refractivity contribution in [2.75, 3.05) is 5.32 Å². The van der Waals surface area contributed by atoms with Gasteiger partial charge < -0.3 is 4.98 Å². The van der Waals surface area contributed by atoms with Crippen molar-refractivity contribution in [3.63, 3.8) is 0 Å². The van der Waals surface area contributed by atoms with E-state index in [2.05, 4.69) is 31.2 Å². The van der Waals surface area contributed by atoms with Crippen LogP contribution in [0.2, 0.25) is 0 Å². The van der Waals surface area contributed by atoms with Crippen LogP contribution in [0.15, 0.2) is 47.1 Å². The highest BCUT2D eigenvalue weighted by Gasteiger charge is 2.13. The molecule has 3 rings (SSSR count). The van der Waals surface area contributed by atoms with Gasteiger partial charge in [-0.15, -0.1) is 0 Å². The number of thiazole rings is 1. The Labute approximate surface area is 134 Å². The van der Waals surface area contributed by atoms with Crippen molar-refractivity contribution >= 4 is 38.3 Å². The van der Waals surface area contributed by atoms with Crippen LogP contribution in [0.4, 0.5) is 5.13 Å². The van der Waals surface area contributed by atoms with Gasteiger partial charge in [0.1, 0.15) is 5.69 Å². The first-order chi connectivity index (χ1) is 10.1. The average molecular weight is 362 g/mol. The molecule has 0 radical (unpaired) electrons. The smallest absolute Gasteiger partial charge is 0.273 e. The molecule has 1 amide bonds. The van der Waals surface area contributed by atoms with Crippen LogP contribution >= 0.6 is 27.3 Å². The Hall–Kier alpha value is -1.92. The van der Waals surface area contributed by atoms with Crippen LogP contribution in [0.1, 0.15) is 16.2 Å². The predicted octanol–water partition coefficient (Wildman–Crippen LogP) is 4.46. The number of rotatable bonds is 3. The maximum atomic E-state index is 12.1. The van der Waals surface area contributed by atoms with E-state index in [1.807, 2.05) is 37.3 Å². The third kappa shape index (κ3) is 3.06. The van der Waals surface area contributed by atoms with Crippen LogP contribution in [0.3, 0.4) is 0 Å². The molecule has 4 nitrogen and oxygen atoms in total. The highest BCUT2D eigenvalue weighted by atomic mass is 79.9. The second-order valence-corrected chi connectivity index (χ2v) is 6.40. The topological polar surface area (TPSA) is 57.8 Å². The lowest BCUT2D eigenvalue weighted by molar-refractivity contribution is 0.102. The summed E-state index contributed by atoms with van der Waals surface area (Å²) in [5.41, 5.74) is 2.51. The molecule has 0 bridgehead atoms. The van der Waals surface area contributed by atoms with Gasteiger partial charge in [0, 0.05) is 10.7 Å². The Kier molecular flexibility index (Phi) is 3.90. The fourth-order valence-corrected chi connectivity index (χ4v) is 3.28. The number of nitrogens with zero attached hydrogens (tertiary/aromatic N) is 1. The number of halogens is 1. The summed E-state index contributed by atoms with van der Waals surface area (Å²) in [6.07, 6.45) is 1.72. The summed E-state index contributed by atoms with van der Waals surface area (Å²) in [4.78, 5) is 20.5. The summed E-state index contributed by atoms with van der Waals surface area (Å²) in [5.74, 6) is -0.200. The molecule has 2 heterocycles. The van der Waals surface area contributed by atoms with E-state index in [1.54, 1.807) is 12.3 Å². The standard InChI is InChI=1S/C15H12BrN3OS/c1-9-13(10-5-3-2-4-6-10)21-15(18-9)19-14(20)12-7-11(16)8-17-12/h2-8,17H,1H3,(H,18,19,20). The Bertz CT molecular complexity index is 779. The number of benzene rings is 1. The number of aromatic amines is 1. The number of nitrogens with one attached hydrogen (secondary N) is 2. The van der Waals surface area contributed by atoms with Gasteiger partial charge in [-0.05, 0) is 34.5 Å². The van der Waals surface area contributed by atoms with E-state index >= 15 is 0 Å². The fraction of sp³-hybridized carbons (Fsp3) is 0.0667. The van der Waals surface area contributed by atoms with Gasteiger partial charge in [0.05, 0.1) is 10.6 Å². The number of hydrogen-bond acceptors (Lipinski definition) is 3. The number of aromatic nitrogens is 2. The second kappa shape index (κ2) is 5.83. The molecule has 0 spiro atoms. The number of hydrogen-bond donors (Lipinski definition) is 2. The van der Waals surface area contributed by atoms with Crippen molar-refractivity contribution in [1.82, 2.24) is 9.97 Å². The summed E-state index contributed by atoms with van der Waals surface area (Å²) in [6.45, 7) is 1.94. The van der Waals surface area contributed by atoms with E-state index in [9.17, 15) is 4.79 Å². The molecule has 0 aliphatic heterocycles. The molecule has 6 heteroatoms. The number of amides is 1. The van der Waals surface area contributed by atoms with Gasteiger partial charge in [-0.25, -0.2) is 4.98 Å². The molecule has 0 unspecified atom stereocenters. The summed E-state index contributed by atoms with van der Waals surface area (Å²) in [5, 5.41) is 3.42. The fourth-order valence-electron chi connectivity index (χ4n) is 1.97. The molecule has 106 valence electrons. The minimum atomic E-state index is -0.200. The third-order valence-corrected chi connectivity index (χ3v) is 4.53. The van der Waals surface area contributed by atoms with Crippen LogP contribution in [-0.2, 0) is 0 Å². The molecular formula is C15H12BrN3OS. The van der Waals surface area contributed by atoms with E-state index < -0.39 is 0 Å². The Morgan fingerprint density at radius 2 is 2.10 bits per heavy atom. The van der Waals surface area contributed by atoms with Crippen molar-refractivity contribution in [3.8, 4) is 10.4 Å². The first kappa shape index (κ1) is 14.0. The maximum absolute atomic E-state index is 12.1. The van der Waals surface area contributed by atoms with Crippen LogP contribution < -0.4 is 5.32 Å². The van der Waals surface area contributed by atoms with Gasteiger partial charge in [0.2, 0.25) is 0 Å². The van der Waals surface area contributed by atoms with Crippen LogP contribution in [0.5, 0.6) is 0 Å². The molecule has 0 aliphatic carbocycles. The predicted molar refractivity (Wildman–Crippen MR) is 88.7 cm³/mol. The molecule has 1 aromatic carbocycles. The first-order valence-electron chi connectivity index (χ1n) is 6.31. The monoisotopic (exact) mass is 361 g/mol. The summed E-state index contributed by atoms with van der Waals surface area (Å²) >= 11 is 4.78. The van der Waals surface area contributed by atoms with Crippen LogP contribution in [-0.4, -0.2) is 15.9 Å². The van der Waals surface area contributed by atoms with E-state index in [0.29, 0.717) is 10.8 Å². The summed E-state index contributed by atoms with van der Waals surface area (Å²) in [7, 11) is 0. The number of H-pyrrole nitrogens is 1. The highest BCUT2D eigenvalue weighted by Crippen LogP contribution is 2.32. The molecule has 0 saturated heterocycles. The molecular weight excluding hydrogens is 350 g/mol. The summed E-state index contributed by atoms with van der Waals surface area (Å²) in [6, 6.07) is 11.8. The van der Waals surface area contributed by atoms with Crippen molar-refractivity contribution in [1.29, 1.82) is 0 Å². The van der Waals surface area contributed by atoms with Gasteiger partial charge in [-0.1, -0.05) is 41.7 Å². The van der Waals surface area contributed by atoms with Crippen molar-refractivity contribution in [2.45, 2.75) is 6.92 Å². The van der Waals surface area contributed by atoms with Gasteiger partial charge in [0.15, 0.2) is 5.13 Å². The van der Waals surface area contributed by atoms with E-state index in [0.717, 1.165) is 20.6 Å². The van der Waals surface area contributed by atoms with Crippen LogP contribution in [0.25, 0.3) is 10.4 Å². The quantitative estimate of drug-likeness (QED) is 0.723. The number of carbonyl (C=O) groups is 1. The minimum absolute atomic E-state index is 0.200. The zero-order valence-corrected chi connectivity index (χ0v) is 13.6. The van der Waals surface area contributed by atoms with Crippen molar-refractivity contribution in [2.24, 2.45) is 0 Å². The highest BCUT2D eigenvalue weighted by molar-refractivity contribution is 9.10. The molecule has 2 N–H and O–H groups in total. The zero-order valence-electron chi connectivity index (χ0n) is 11.2. The van der Waals surface area contributed by atoms with Gasteiger partial charge in [-0.3, -0.25) is 10.1 Å². The molecule has 0 saturated carbocycles. The van der Waals surface area contributed by atoms with Gasteiger partial charge in [0.25, 0.3) is 5.91 Å².